The number of para-hydroxylation sites is 1. The lowest BCUT2D eigenvalue weighted by Gasteiger charge is -2.32. The molecule has 1 aromatic carbocycles. The van der Waals surface area contributed by atoms with Gasteiger partial charge in [-0.3, -0.25) is 4.79 Å². The van der Waals surface area contributed by atoms with E-state index < -0.39 is 6.04 Å². The largest absolute Gasteiger partial charge is 0.378 e. The zero-order chi connectivity index (χ0) is 16.1. The molecular formula is C17H28ClN3O2. The van der Waals surface area contributed by atoms with Crippen LogP contribution in [0.25, 0.3) is 0 Å². The van der Waals surface area contributed by atoms with Crippen molar-refractivity contribution >= 4 is 24.0 Å². The van der Waals surface area contributed by atoms with Gasteiger partial charge in [0.25, 0.3) is 0 Å². The van der Waals surface area contributed by atoms with Gasteiger partial charge in [0.15, 0.2) is 0 Å². The first-order chi connectivity index (χ1) is 10.5. The van der Waals surface area contributed by atoms with E-state index in [1.807, 2.05) is 33.0 Å². The highest BCUT2D eigenvalue weighted by atomic mass is 35.5. The van der Waals surface area contributed by atoms with Crippen LogP contribution in [0.1, 0.15) is 19.4 Å². The number of carbonyl (C=O) groups excluding carboxylic acids is 1. The molecule has 1 saturated heterocycles. The summed E-state index contributed by atoms with van der Waals surface area (Å²) in [5.74, 6) is 0.135. The molecule has 2 rings (SSSR count). The fourth-order valence-electron chi connectivity index (χ4n) is 2.63. The summed E-state index contributed by atoms with van der Waals surface area (Å²) in [6.07, 6.45) is 0. The molecule has 130 valence electrons. The minimum Gasteiger partial charge on any atom is -0.378 e. The Bertz CT molecular complexity index is 504. The number of nitrogens with two attached hydrogens (primary N) is 1. The number of hydrogen-bond acceptors (Lipinski definition) is 4. The number of morpholine rings is 1. The van der Waals surface area contributed by atoms with Gasteiger partial charge in [0, 0.05) is 32.4 Å². The fraction of sp³-hybridized carbons (Fsp3) is 0.588. The molecule has 5 nitrogen and oxygen atoms in total. The standard InChI is InChI=1S/C17H27N3O2.ClH/c1-13(2)16(18)17(21)19(3)12-14-6-4-5-7-15(14)20-8-10-22-11-9-20;/h4-7,13,16H,8-12,18H2,1-3H3;1H/t16-;/m0./s1. The minimum absolute atomic E-state index is 0. The van der Waals surface area contributed by atoms with Gasteiger partial charge < -0.3 is 20.3 Å². The molecule has 1 fully saturated rings. The molecule has 0 aliphatic carbocycles. The van der Waals surface area contributed by atoms with Gasteiger partial charge in [-0.1, -0.05) is 32.0 Å². The van der Waals surface area contributed by atoms with E-state index in [0.29, 0.717) is 6.54 Å². The first-order valence-electron chi connectivity index (χ1n) is 7.92. The first-order valence-corrected chi connectivity index (χ1v) is 7.92. The number of hydrogen-bond donors (Lipinski definition) is 1. The number of likely N-dealkylation sites (N-methyl/N-ethyl adjacent to an activating group) is 1. The summed E-state index contributed by atoms with van der Waals surface area (Å²) < 4.78 is 5.42. The van der Waals surface area contributed by atoms with E-state index >= 15 is 0 Å². The van der Waals surface area contributed by atoms with Crippen LogP contribution in [0.2, 0.25) is 0 Å². The maximum atomic E-state index is 12.3. The second-order valence-corrected chi connectivity index (χ2v) is 6.19. The number of ether oxygens (including phenoxy) is 1. The molecule has 0 bridgehead atoms. The predicted octanol–water partition coefficient (Wildman–Crippen LogP) is 1.89. The van der Waals surface area contributed by atoms with Gasteiger partial charge in [-0.05, 0) is 17.5 Å². The summed E-state index contributed by atoms with van der Waals surface area (Å²) in [5, 5.41) is 0. The molecule has 1 aliphatic heterocycles. The van der Waals surface area contributed by atoms with Crippen LogP contribution >= 0.6 is 12.4 Å². The number of amides is 1. The summed E-state index contributed by atoms with van der Waals surface area (Å²) >= 11 is 0. The lowest BCUT2D eigenvalue weighted by Crippen LogP contribution is -2.44. The number of nitrogens with zero attached hydrogens (tertiary/aromatic N) is 2. The highest BCUT2D eigenvalue weighted by Crippen LogP contribution is 2.23. The van der Waals surface area contributed by atoms with Crippen LogP contribution in [0.15, 0.2) is 24.3 Å². The first kappa shape index (κ1) is 19.7. The molecule has 6 heteroatoms. The van der Waals surface area contributed by atoms with Gasteiger partial charge in [-0.2, -0.15) is 0 Å². The third-order valence-corrected chi connectivity index (χ3v) is 4.13. The number of anilines is 1. The van der Waals surface area contributed by atoms with E-state index in [0.717, 1.165) is 31.9 Å². The SMILES string of the molecule is CC(C)[C@H](N)C(=O)N(C)Cc1ccccc1N1CCOCC1.Cl. The molecule has 0 spiro atoms. The molecule has 1 aliphatic rings. The smallest absolute Gasteiger partial charge is 0.239 e. The maximum Gasteiger partial charge on any atom is 0.239 e. The minimum atomic E-state index is -0.444. The van der Waals surface area contributed by atoms with Gasteiger partial charge in [0.05, 0.1) is 19.3 Å². The van der Waals surface area contributed by atoms with Crippen molar-refractivity contribution in [1.29, 1.82) is 0 Å². The lowest BCUT2D eigenvalue weighted by atomic mass is 10.0. The topological polar surface area (TPSA) is 58.8 Å². The van der Waals surface area contributed by atoms with E-state index in [9.17, 15) is 4.79 Å². The summed E-state index contributed by atoms with van der Waals surface area (Å²) in [5.41, 5.74) is 8.31. The van der Waals surface area contributed by atoms with E-state index in [1.54, 1.807) is 4.90 Å². The second-order valence-electron chi connectivity index (χ2n) is 6.19. The van der Waals surface area contributed by atoms with Gasteiger partial charge in [0.2, 0.25) is 5.91 Å². The van der Waals surface area contributed by atoms with Crippen molar-refractivity contribution in [3.8, 4) is 0 Å². The van der Waals surface area contributed by atoms with Gasteiger partial charge >= 0.3 is 0 Å². The van der Waals surface area contributed by atoms with E-state index in [1.165, 1.54) is 5.69 Å². The molecule has 0 saturated carbocycles. The third kappa shape index (κ3) is 5.09. The Labute approximate surface area is 145 Å². The molecule has 0 unspecified atom stereocenters. The van der Waals surface area contributed by atoms with Gasteiger partial charge in [-0.25, -0.2) is 0 Å². The Morgan fingerprint density at radius 3 is 2.52 bits per heavy atom. The monoisotopic (exact) mass is 341 g/mol. The van der Waals surface area contributed by atoms with E-state index in [4.69, 9.17) is 10.5 Å². The fourth-order valence-corrected chi connectivity index (χ4v) is 2.63. The van der Waals surface area contributed by atoms with Crippen molar-refractivity contribution < 1.29 is 9.53 Å². The quantitative estimate of drug-likeness (QED) is 0.888. The van der Waals surface area contributed by atoms with E-state index in [-0.39, 0.29) is 24.2 Å². The van der Waals surface area contributed by atoms with Crippen molar-refractivity contribution in [2.24, 2.45) is 11.7 Å². The van der Waals surface area contributed by atoms with Crippen LogP contribution < -0.4 is 10.6 Å². The maximum absolute atomic E-state index is 12.3. The van der Waals surface area contributed by atoms with Crippen LogP contribution in [-0.4, -0.2) is 50.2 Å². The molecule has 0 radical (unpaired) electrons. The third-order valence-electron chi connectivity index (χ3n) is 4.13. The molecule has 1 heterocycles. The van der Waals surface area contributed by atoms with Crippen LogP contribution in [0.3, 0.4) is 0 Å². The summed E-state index contributed by atoms with van der Waals surface area (Å²) in [4.78, 5) is 16.4. The normalized spacial score (nSPS) is 16.0. The molecule has 2 N–H and O–H groups in total. The van der Waals surface area contributed by atoms with E-state index in [2.05, 4.69) is 17.0 Å². The number of benzene rings is 1. The van der Waals surface area contributed by atoms with Crippen molar-refractivity contribution in [2.75, 3.05) is 38.3 Å². The van der Waals surface area contributed by atoms with Gasteiger partial charge in [0.1, 0.15) is 0 Å². The van der Waals surface area contributed by atoms with Crippen LogP contribution in [-0.2, 0) is 16.1 Å². The zero-order valence-corrected chi connectivity index (χ0v) is 15.0. The Kier molecular flexibility index (Phi) is 7.82. The Balaban J connectivity index is 0.00000264. The molecule has 23 heavy (non-hydrogen) atoms. The average Bonchev–Trinajstić information content (AvgIpc) is 2.54. The second kappa shape index (κ2) is 9.11. The van der Waals surface area contributed by atoms with Crippen molar-refractivity contribution in [3.63, 3.8) is 0 Å². The average molecular weight is 342 g/mol. The van der Waals surface area contributed by atoms with Gasteiger partial charge in [-0.15, -0.1) is 12.4 Å². The van der Waals surface area contributed by atoms with Crippen LogP contribution in [0.4, 0.5) is 5.69 Å². The summed E-state index contributed by atoms with van der Waals surface area (Å²) in [6.45, 7) is 7.80. The number of halogens is 1. The lowest BCUT2D eigenvalue weighted by molar-refractivity contribution is -0.132. The predicted molar refractivity (Wildman–Crippen MR) is 96.0 cm³/mol. The van der Waals surface area contributed by atoms with Crippen LogP contribution in [0.5, 0.6) is 0 Å². The Morgan fingerprint density at radius 2 is 1.91 bits per heavy atom. The van der Waals surface area contributed by atoms with Crippen molar-refractivity contribution in [1.82, 2.24) is 4.90 Å². The van der Waals surface area contributed by atoms with Crippen LogP contribution in [0, 0.1) is 5.92 Å². The summed E-state index contributed by atoms with van der Waals surface area (Å²) in [6, 6.07) is 7.80. The molecule has 1 atom stereocenters. The van der Waals surface area contributed by atoms with Crippen molar-refractivity contribution in [3.05, 3.63) is 29.8 Å². The molecule has 0 aromatic heterocycles. The highest BCUT2D eigenvalue weighted by Gasteiger charge is 2.22. The summed E-state index contributed by atoms with van der Waals surface area (Å²) in [7, 11) is 1.82. The molecule has 1 amide bonds. The zero-order valence-electron chi connectivity index (χ0n) is 14.2. The van der Waals surface area contributed by atoms with Crippen molar-refractivity contribution in [2.45, 2.75) is 26.4 Å². The Hall–Kier alpha value is -1.30. The molecular weight excluding hydrogens is 314 g/mol. The number of rotatable bonds is 5. The molecule has 1 aromatic rings. The Morgan fingerprint density at radius 1 is 1.30 bits per heavy atom. The number of carbonyl (C=O) groups is 1. The highest BCUT2D eigenvalue weighted by molar-refractivity contribution is 5.85.